The summed E-state index contributed by atoms with van der Waals surface area (Å²) in [6.07, 6.45) is 0.0405. The molecule has 0 saturated carbocycles. The van der Waals surface area contributed by atoms with Crippen LogP contribution in [0.25, 0.3) is 0 Å². The van der Waals surface area contributed by atoms with E-state index in [4.69, 9.17) is 14.5 Å². The van der Waals surface area contributed by atoms with Crippen LogP contribution in [0.1, 0.15) is 34.6 Å². The van der Waals surface area contributed by atoms with Gasteiger partial charge in [0, 0.05) is 51.4 Å². The van der Waals surface area contributed by atoms with Crippen molar-refractivity contribution in [2.24, 2.45) is 4.99 Å². The summed E-state index contributed by atoms with van der Waals surface area (Å²) in [4.78, 5) is 9.47. The van der Waals surface area contributed by atoms with E-state index < -0.39 is 10.0 Å². The highest BCUT2D eigenvalue weighted by atomic mass is 32.2. The fourth-order valence-electron chi connectivity index (χ4n) is 3.84. The molecule has 2 unspecified atom stereocenters. The number of hydrogen-bond acceptors (Lipinski definition) is 6. The van der Waals surface area contributed by atoms with Crippen molar-refractivity contribution >= 4 is 16.0 Å². The molecule has 30 heavy (non-hydrogen) atoms. The highest BCUT2D eigenvalue weighted by Crippen LogP contribution is 2.12. The summed E-state index contributed by atoms with van der Waals surface area (Å²) in [7, 11) is -3.28. The molecule has 2 fully saturated rings. The third kappa shape index (κ3) is 7.64. The summed E-state index contributed by atoms with van der Waals surface area (Å²) in [5.74, 6) is 0.902. The van der Waals surface area contributed by atoms with Gasteiger partial charge in [0.1, 0.15) is 0 Å². The lowest BCUT2D eigenvalue weighted by Gasteiger charge is -2.38. The summed E-state index contributed by atoms with van der Waals surface area (Å²) in [6.45, 7) is 16.7. The number of guanidine groups is 1. The SMILES string of the molecule is CCNC(=NCC(C)N1CCOCC1C)N1CCN(S(=O)(=O)CCOC(C)C)CC1. The standard InChI is InChI=1S/C20H41N5O4S/c1-6-21-20(22-15-18(4)25-11-12-28-16-19(25)5)23-7-9-24(10-8-23)30(26,27)14-13-29-17(2)3/h17-19H,6-16H2,1-5H3,(H,21,22). The number of nitrogens with one attached hydrogen (secondary N) is 1. The van der Waals surface area contributed by atoms with Crippen LogP contribution in [-0.4, -0.2) is 118 Å². The maximum atomic E-state index is 12.6. The number of nitrogens with zero attached hydrogens (tertiary/aromatic N) is 4. The molecule has 0 amide bonds. The summed E-state index contributed by atoms with van der Waals surface area (Å²) >= 11 is 0. The van der Waals surface area contributed by atoms with Gasteiger partial charge in [-0.15, -0.1) is 0 Å². The first-order valence-corrected chi connectivity index (χ1v) is 12.8. The summed E-state index contributed by atoms with van der Waals surface area (Å²) in [5, 5.41) is 3.37. The molecule has 2 rings (SSSR count). The molecule has 0 spiro atoms. The second kappa shape index (κ2) is 12.2. The molecule has 2 aliphatic rings. The van der Waals surface area contributed by atoms with Gasteiger partial charge in [-0.05, 0) is 34.6 Å². The maximum absolute atomic E-state index is 12.6. The van der Waals surface area contributed by atoms with E-state index in [-0.39, 0.29) is 18.5 Å². The van der Waals surface area contributed by atoms with Crippen LogP contribution in [0, 0.1) is 0 Å². The Balaban J connectivity index is 1.89. The molecule has 0 bridgehead atoms. The van der Waals surface area contributed by atoms with Crippen molar-refractivity contribution in [2.45, 2.75) is 52.8 Å². The van der Waals surface area contributed by atoms with Crippen LogP contribution < -0.4 is 5.32 Å². The van der Waals surface area contributed by atoms with Crippen LogP contribution in [0.4, 0.5) is 0 Å². The number of ether oxygens (including phenoxy) is 2. The largest absolute Gasteiger partial charge is 0.379 e. The highest BCUT2D eigenvalue weighted by molar-refractivity contribution is 7.89. The smallest absolute Gasteiger partial charge is 0.216 e. The molecule has 2 aliphatic heterocycles. The molecule has 9 nitrogen and oxygen atoms in total. The molecule has 0 aromatic heterocycles. The summed E-state index contributed by atoms with van der Waals surface area (Å²) in [5.41, 5.74) is 0. The lowest BCUT2D eigenvalue weighted by Crippen LogP contribution is -2.54. The van der Waals surface area contributed by atoms with E-state index in [1.54, 1.807) is 4.31 Å². The number of morpholine rings is 1. The molecule has 0 aliphatic carbocycles. The Morgan fingerprint density at radius 2 is 1.90 bits per heavy atom. The fraction of sp³-hybridized carbons (Fsp3) is 0.950. The van der Waals surface area contributed by atoms with Crippen molar-refractivity contribution in [3.05, 3.63) is 0 Å². The third-order valence-corrected chi connectivity index (χ3v) is 7.38. The Labute approximate surface area is 182 Å². The van der Waals surface area contributed by atoms with E-state index in [1.807, 2.05) is 13.8 Å². The van der Waals surface area contributed by atoms with Gasteiger partial charge in [-0.25, -0.2) is 8.42 Å². The Morgan fingerprint density at radius 3 is 2.50 bits per heavy atom. The van der Waals surface area contributed by atoms with Gasteiger partial charge in [0.15, 0.2) is 5.96 Å². The van der Waals surface area contributed by atoms with Gasteiger partial charge in [-0.1, -0.05) is 0 Å². The molecule has 2 atom stereocenters. The molecule has 0 radical (unpaired) electrons. The number of sulfonamides is 1. The minimum Gasteiger partial charge on any atom is -0.379 e. The van der Waals surface area contributed by atoms with Gasteiger partial charge in [0.2, 0.25) is 10.0 Å². The predicted molar refractivity (Wildman–Crippen MR) is 120 cm³/mol. The summed E-state index contributed by atoms with van der Waals surface area (Å²) in [6, 6.07) is 0.736. The van der Waals surface area contributed by atoms with Gasteiger partial charge >= 0.3 is 0 Å². The minimum absolute atomic E-state index is 0.0363. The lowest BCUT2D eigenvalue weighted by atomic mass is 10.2. The van der Waals surface area contributed by atoms with Crippen LogP contribution in [0.3, 0.4) is 0 Å². The van der Waals surface area contributed by atoms with Crippen LogP contribution in [0.5, 0.6) is 0 Å². The average molecular weight is 448 g/mol. The van der Waals surface area contributed by atoms with E-state index >= 15 is 0 Å². The monoisotopic (exact) mass is 447 g/mol. The van der Waals surface area contributed by atoms with E-state index in [0.29, 0.717) is 44.8 Å². The highest BCUT2D eigenvalue weighted by Gasteiger charge is 2.28. The molecule has 176 valence electrons. The van der Waals surface area contributed by atoms with E-state index in [0.717, 1.165) is 32.3 Å². The lowest BCUT2D eigenvalue weighted by molar-refractivity contribution is -0.0166. The zero-order valence-electron chi connectivity index (χ0n) is 19.3. The number of rotatable bonds is 9. The van der Waals surface area contributed by atoms with Crippen molar-refractivity contribution in [3.8, 4) is 0 Å². The minimum atomic E-state index is -3.28. The quantitative estimate of drug-likeness (QED) is 0.405. The van der Waals surface area contributed by atoms with Crippen molar-refractivity contribution in [2.75, 3.05) is 71.4 Å². The van der Waals surface area contributed by atoms with Crippen LogP contribution >= 0.6 is 0 Å². The molecule has 10 heteroatoms. The maximum Gasteiger partial charge on any atom is 0.216 e. The number of piperazine rings is 1. The van der Waals surface area contributed by atoms with Gasteiger partial charge < -0.3 is 19.7 Å². The molecule has 2 saturated heterocycles. The Kier molecular flexibility index (Phi) is 10.3. The Hall–Kier alpha value is -0.940. The molecule has 0 aromatic carbocycles. The topological polar surface area (TPSA) is 86.7 Å². The fourth-order valence-corrected chi connectivity index (χ4v) is 5.13. The zero-order valence-corrected chi connectivity index (χ0v) is 20.2. The van der Waals surface area contributed by atoms with Crippen molar-refractivity contribution in [3.63, 3.8) is 0 Å². The third-order valence-electron chi connectivity index (χ3n) is 5.55. The predicted octanol–water partition coefficient (Wildman–Crippen LogP) is 0.434. The number of aliphatic imine (C=N–C) groups is 1. The second-order valence-electron chi connectivity index (χ2n) is 8.33. The Bertz CT molecular complexity index is 635. The molecular weight excluding hydrogens is 406 g/mol. The van der Waals surface area contributed by atoms with Crippen LogP contribution in [0.2, 0.25) is 0 Å². The molecule has 1 N–H and O–H groups in total. The number of hydrogen-bond donors (Lipinski definition) is 1. The van der Waals surface area contributed by atoms with Gasteiger partial charge in [-0.2, -0.15) is 4.31 Å². The van der Waals surface area contributed by atoms with E-state index in [9.17, 15) is 8.42 Å². The van der Waals surface area contributed by atoms with Gasteiger partial charge in [-0.3, -0.25) is 9.89 Å². The normalized spacial score (nSPS) is 23.7. The first-order chi connectivity index (χ1) is 14.2. The zero-order chi connectivity index (χ0) is 22.1. The van der Waals surface area contributed by atoms with Crippen LogP contribution in [-0.2, 0) is 19.5 Å². The second-order valence-corrected chi connectivity index (χ2v) is 10.4. The average Bonchev–Trinajstić information content (AvgIpc) is 2.71. The molecule has 0 aromatic rings. The van der Waals surface area contributed by atoms with Gasteiger partial charge in [0.25, 0.3) is 0 Å². The van der Waals surface area contributed by atoms with Crippen LogP contribution in [0.15, 0.2) is 4.99 Å². The molecular formula is C20H41N5O4S. The van der Waals surface area contributed by atoms with Crippen molar-refractivity contribution < 1.29 is 17.9 Å². The molecule has 2 heterocycles. The van der Waals surface area contributed by atoms with Crippen molar-refractivity contribution in [1.82, 2.24) is 19.4 Å². The first kappa shape index (κ1) is 25.3. The first-order valence-electron chi connectivity index (χ1n) is 11.2. The van der Waals surface area contributed by atoms with E-state index in [1.165, 1.54) is 0 Å². The van der Waals surface area contributed by atoms with Gasteiger partial charge in [0.05, 0.1) is 38.2 Å². The van der Waals surface area contributed by atoms with E-state index in [2.05, 4.69) is 35.9 Å². The summed E-state index contributed by atoms with van der Waals surface area (Å²) < 4.78 is 37.6. The Morgan fingerprint density at radius 1 is 1.20 bits per heavy atom. The van der Waals surface area contributed by atoms with Crippen molar-refractivity contribution in [1.29, 1.82) is 0 Å².